The van der Waals surface area contributed by atoms with Crippen LogP contribution in [0.1, 0.15) is 26.7 Å². The van der Waals surface area contributed by atoms with Gasteiger partial charge in [-0.25, -0.2) is 0 Å². The van der Waals surface area contributed by atoms with E-state index in [1.54, 1.807) is 6.92 Å². The van der Waals surface area contributed by atoms with Crippen molar-refractivity contribution in [1.82, 2.24) is 5.32 Å². The maximum Gasteiger partial charge on any atom is 0.303 e. The molecular weight excluding hydrogens is 186 g/mol. The standard InChI is InChI=1S/C9H17NO4/c1-6(14-3)8(10-7(2)11)4-5-9(12)13/h6,8H,4-5H2,1-3H3,(H,10,11)(H,12,13)/t6-,8?/m0/s1. The van der Waals surface area contributed by atoms with Crippen molar-refractivity contribution in [2.45, 2.75) is 38.8 Å². The molecule has 0 heterocycles. The van der Waals surface area contributed by atoms with Crippen molar-refractivity contribution < 1.29 is 19.4 Å². The first kappa shape index (κ1) is 12.9. The fourth-order valence-electron chi connectivity index (χ4n) is 1.13. The van der Waals surface area contributed by atoms with E-state index in [1.165, 1.54) is 14.0 Å². The van der Waals surface area contributed by atoms with Gasteiger partial charge in [0.25, 0.3) is 0 Å². The number of nitrogens with one attached hydrogen (secondary N) is 1. The summed E-state index contributed by atoms with van der Waals surface area (Å²) in [5.41, 5.74) is 0. The molecule has 0 radical (unpaired) electrons. The van der Waals surface area contributed by atoms with Crippen molar-refractivity contribution in [2.24, 2.45) is 0 Å². The van der Waals surface area contributed by atoms with Gasteiger partial charge in [0.1, 0.15) is 0 Å². The van der Waals surface area contributed by atoms with E-state index >= 15 is 0 Å². The summed E-state index contributed by atoms with van der Waals surface area (Å²) in [6.45, 7) is 3.19. The van der Waals surface area contributed by atoms with Gasteiger partial charge in [0.2, 0.25) is 5.91 Å². The first-order valence-corrected chi connectivity index (χ1v) is 4.49. The molecular formula is C9H17NO4. The lowest BCUT2D eigenvalue weighted by Crippen LogP contribution is -2.42. The maximum absolute atomic E-state index is 10.8. The molecule has 0 aromatic heterocycles. The highest BCUT2D eigenvalue weighted by Gasteiger charge is 2.18. The number of carbonyl (C=O) groups excluding carboxylic acids is 1. The van der Waals surface area contributed by atoms with E-state index in [4.69, 9.17) is 9.84 Å². The number of methoxy groups -OCH3 is 1. The lowest BCUT2D eigenvalue weighted by molar-refractivity contribution is -0.137. The van der Waals surface area contributed by atoms with Gasteiger partial charge in [-0.1, -0.05) is 0 Å². The molecule has 0 bridgehead atoms. The van der Waals surface area contributed by atoms with Crippen molar-refractivity contribution in [3.05, 3.63) is 0 Å². The molecule has 0 aromatic carbocycles. The highest BCUT2D eigenvalue weighted by Crippen LogP contribution is 2.05. The van der Waals surface area contributed by atoms with Crippen LogP contribution in [0.4, 0.5) is 0 Å². The Kier molecular flexibility index (Phi) is 5.87. The average Bonchev–Trinajstić information content (AvgIpc) is 2.10. The Morgan fingerprint density at radius 3 is 2.43 bits per heavy atom. The fourth-order valence-corrected chi connectivity index (χ4v) is 1.13. The molecule has 5 heteroatoms. The number of hydrogen-bond donors (Lipinski definition) is 2. The number of hydrogen-bond acceptors (Lipinski definition) is 3. The second-order valence-electron chi connectivity index (χ2n) is 3.18. The number of carbonyl (C=O) groups is 2. The summed E-state index contributed by atoms with van der Waals surface area (Å²) >= 11 is 0. The molecule has 0 fully saturated rings. The molecule has 1 amide bonds. The summed E-state index contributed by atoms with van der Waals surface area (Å²) in [6, 6.07) is -0.242. The van der Waals surface area contributed by atoms with E-state index in [0.717, 1.165) is 0 Å². The van der Waals surface area contributed by atoms with Gasteiger partial charge in [0.15, 0.2) is 0 Å². The van der Waals surface area contributed by atoms with E-state index < -0.39 is 5.97 Å². The van der Waals surface area contributed by atoms with E-state index in [9.17, 15) is 9.59 Å². The van der Waals surface area contributed by atoms with Gasteiger partial charge >= 0.3 is 5.97 Å². The molecule has 2 N–H and O–H groups in total. The largest absolute Gasteiger partial charge is 0.481 e. The second kappa shape index (κ2) is 6.37. The molecule has 82 valence electrons. The van der Waals surface area contributed by atoms with Gasteiger partial charge in [-0.15, -0.1) is 0 Å². The lowest BCUT2D eigenvalue weighted by Gasteiger charge is -2.22. The first-order valence-electron chi connectivity index (χ1n) is 4.49. The predicted octanol–water partition coefficient (Wildman–Crippen LogP) is 0.391. The van der Waals surface area contributed by atoms with Crippen LogP contribution in [-0.2, 0) is 14.3 Å². The Morgan fingerprint density at radius 2 is 2.07 bits per heavy atom. The minimum atomic E-state index is -0.872. The summed E-state index contributed by atoms with van der Waals surface area (Å²) < 4.78 is 5.04. The van der Waals surface area contributed by atoms with Crippen LogP contribution in [0.5, 0.6) is 0 Å². The number of aliphatic carboxylic acids is 1. The number of carboxylic acids is 1. The van der Waals surface area contributed by atoms with Crippen molar-refractivity contribution in [2.75, 3.05) is 7.11 Å². The number of carboxylic acid groups (broad SMARTS) is 1. The predicted molar refractivity (Wildman–Crippen MR) is 50.9 cm³/mol. The van der Waals surface area contributed by atoms with Gasteiger partial charge < -0.3 is 15.2 Å². The van der Waals surface area contributed by atoms with Gasteiger partial charge in [0.05, 0.1) is 12.1 Å². The van der Waals surface area contributed by atoms with Crippen LogP contribution >= 0.6 is 0 Å². The number of rotatable bonds is 6. The topological polar surface area (TPSA) is 75.6 Å². The molecule has 0 saturated carbocycles. The second-order valence-corrected chi connectivity index (χ2v) is 3.18. The van der Waals surface area contributed by atoms with Crippen LogP contribution in [-0.4, -0.2) is 36.2 Å². The van der Waals surface area contributed by atoms with Crippen molar-refractivity contribution in [1.29, 1.82) is 0 Å². The molecule has 0 aromatic rings. The molecule has 0 saturated heterocycles. The molecule has 0 rings (SSSR count). The Labute approximate surface area is 83.4 Å². The van der Waals surface area contributed by atoms with Gasteiger partial charge in [0, 0.05) is 20.5 Å². The van der Waals surface area contributed by atoms with Crippen LogP contribution in [0, 0.1) is 0 Å². The zero-order valence-corrected chi connectivity index (χ0v) is 8.74. The van der Waals surface area contributed by atoms with Crippen LogP contribution in [0.15, 0.2) is 0 Å². The van der Waals surface area contributed by atoms with Gasteiger partial charge in [-0.3, -0.25) is 9.59 Å². The number of ether oxygens (including phenoxy) is 1. The minimum Gasteiger partial charge on any atom is -0.481 e. The van der Waals surface area contributed by atoms with E-state index in [0.29, 0.717) is 6.42 Å². The van der Waals surface area contributed by atoms with Crippen LogP contribution in [0.25, 0.3) is 0 Å². The minimum absolute atomic E-state index is 0.0264. The zero-order valence-electron chi connectivity index (χ0n) is 8.74. The van der Waals surface area contributed by atoms with E-state index in [2.05, 4.69) is 5.32 Å². The molecule has 0 aliphatic rings. The molecule has 1 unspecified atom stereocenters. The highest BCUT2D eigenvalue weighted by atomic mass is 16.5. The molecule has 0 spiro atoms. The fraction of sp³-hybridized carbons (Fsp3) is 0.778. The van der Waals surface area contributed by atoms with Crippen molar-refractivity contribution in [3.63, 3.8) is 0 Å². The SMILES string of the molecule is CO[C@@H](C)C(CCC(=O)O)NC(C)=O. The smallest absolute Gasteiger partial charge is 0.303 e. The first-order chi connectivity index (χ1) is 6.47. The molecule has 0 aliphatic heterocycles. The summed E-state index contributed by atoms with van der Waals surface area (Å²) in [6.07, 6.45) is 0.223. The third kappa shape index (κ3) is 5.53. The molecule has 0 aliphatic carbocycles. The average molecular weight is 203 g/mol. The summed E-state index contributed by atoms with van der Waals surface area (Å²) in [7, 11) is 1.53. The van der Waals surface area contributed by atoms with Gasteiger partial charge in [-0.05, 0) is 13.3 Å². The summed E-state index contributed by atoms with van der Waals surface area (Å²) in [5, 5.41) is 11.2. The lowest BCUT2D eigenvalue weighted by atomic mass is 10.1. The van der Waals surface area contributed by atoms with E-state index in [-0.39, 0.29) is 24.5 Å². The molecule has 14 heavy (non-hydrogen) atoms. The molecule has 5 nitrogen and oxygen atoms in total. The highest BCUT2D eigenvalue weighted by molar-refractivity contribution is 5.73. The monoisotopic (exact) mass is 203 g/mol. The quantitative estimate of drug-likeness (QED) is 0.654. The Morgan fingerprint density at radius 1 is 1.50 bits per heavy atom. The third-order valence-corrected chi connectivity index (χ3v) is 2.00. The van der Waals surface area contributed by atoms with Crippen LogP contribution in [0.2, 0.25) is 0 Å². The van der Waals surface area contributed by atoms with E-state index in [1.807, 2.05) is 0 Å². The normalized spacial score (nSPS) is 14.5. The Hall–Kier alpha value is -1.10. The van der Waals surface area contributed by atoms with Crippen LogP contribution in [0.3, 0.4) is 0 Å². The summed E-state index contributed by atoms with van der Waals surface area (Å²) in [4.78, 5) is 21.2. The van der Waals surface area contributed by atoms with Crippen LogP contribution < -0.4 is 5.32 Å². The Bertz CT molecular complexity index is 205. The van der Waals surface area contributed by atoms with Gasteiger partial charge in [-0.2, -0.15) is 0 Å². The molecule has 2 atom stereocenters. The van der Waals surface area contributed by atoms with Crippen molar-refractivity contribution >= 4 is 11.9 Å². The third-order valence-electron chi connectivity index (χ3n) is 2.00. The maximum atomic E-state index is 10.8. The zero-order chi connectivity index (χ0) is 11.1. The number of amides is 1. The summed E-state index contributed by atoms with van der Waals surface area (Å²) in [5.74, 6) is -1.05. The Balaban J connectivity index is 4.09. The van der Waals surface area contributed by atoms with Crippen molar-refractivity contribution in [3.8, 4) is 0 Å².